The largest absolute Gasteiger partial charge is 0.309 e. The molecule has 6 heterocycles. The van der Waals surface area contributed by atoms with Crippen LogP contribution in [0.1, 0.15) is 105 Å². The third-order valence-electron chi connectivity index (χ3n) is 22.0. The van der Waals surface area contributed by atoms with Gasteiger partial charge in [-0.1, -0.05) is 251 Å². The van der Waals surface area contributed by atoms with Gasteiger partial charge in [-0.2, -0.15) is 0 Å². The topological polar surface area (TPSA) is 19.7 Å². The molecule has 0 amide bonds. The van der Waals surface area contributed by atoms with Crippen LogP contribution in [0.5, 0.6) is 0 Å². The molecule has 19 rings (SSSR count). The Kier molecular flexibility index (Phi) is 11.3. The van der Waals surface area contributed by atoms with Gasteiger partial charge in [0, 0.05) is 76.6 Å². The second-order valence-electron chi connectivity index (χ2n) is 31.7. The Hall–Kier alpha value is -10.4. The van der Waals surface area contributed by atoms with Crippen LogP contribution in [0, 0.1) is 0 Å². The van der Waals surface area contributed by atoms with Crippen LogP contribution in [-0.2, 0) is 21.7 Å². The Balaban J connectivity index is 1.03. The van der Waals surface area contributed by atoms with E-state index in [2.05, 4.69) is 338 Å². The highest BCUT2D eigenvalue weighted by Crippen LogP contribution is 2.53. The van der Waals surface area contributed by atoms with Crippen molar-refractivity contribution in [1.29, 1.82) is 0 Å². The van der Waals surface area contributed by atoms with E-state index in [0.29, 0.717) is 0 Å². The molecule has 2 aliphatic rings. The summed E-state index contributed by atoms with van der Waals surface area (Å²) in [7, 11) is 0. The van der Waals surface area contributed by atoms with Crippen molar-refractivity contribution in [1.82, 2.24) is 18.3 Å². The summed E-state index contributed by atoms with van der Waals surface area (Å²) in [6.45, 7) is 27.6. The number of rotatable bonds is 4. The van der Waals surface area contributed by atoms with E-state index in [4.69, 9.17) is 0 Å². The quantitative estimate of drug-likeness (QED) is 0.157. The molecule has 4 nitrogen and oxygen atoms in total. The van der Waals surface area contributed by atoms with Crippen LogP contribution in [0.3, 0.4) is 0 Å². The minimum Gasteiger partial charge on any atom is -0.309 e. The predicted molar refractivity (Wildman–Crippen MR) is 409 cm³/mol. The summed E-state index contributed by atoms with van der Waals surface area (Å²) in [6.07, 6.45) is 0. The molecule has 0 unspecified atom stereocenters. The van der Waals surface area contributed by atoms with Crippen LogP contribution in [0.25, 0.3) is 154 Å². The molecule has 17 aromatic rings. The second-order valence-corrected chi connectivity index (χ2v) is 31.7. The Morgan fingerprint density at radius 2 is 0.537 bits per heavy atom. The van der Waals surface area contributed by atoms with Gasteiger partial charge in [-0.3, -0.25) is 0 Å². The Bertz CT molecular complexity index is 5810. The molecule has 0 saturated carbocycles. The highest BCUT2D eigenvalue weighted by molar-refractivity contribution is 7.02. The molecule has 0 radical (unpaired) electrons. The minimum atomic E-state index is -0.132. The smallest absolute Gasteiger partial charge is 0.244 e. The fraction of sp³-hybridized carbons (Fsp3) is 0.178. The molecule has 0 saturated heterocycles. The van der Waals surface area contributed by atoms with Crippen molar-refractivity contribution >= 4 is 132 Å². The molecule has 0 spiro atoms. The minimum absolute atomic E-state index is 0.00404. The zero-order chi connectivity index (χ0) is 64.7. The fourth-order valence-corrected chi connectivity index (χ4v) is 17.4. The summed E-state index contributed by atoms with van der Waals surface area (Å²) in [5.41, 5.74) is 29.0. The highest BCUT2D eigenvalue weighted by atomic mass is 15.0. The first kappa shape index (κ1) is 56.2. The van der Waals surface area contributed by atoms with E-state index in [1.165, 1.54) is 170 Å². The lowest BCUT2D eigenvalue weighted by Crippen LogP contribution is -2.57. The molecule has 13 aromatic carbocycles. The Morgan fingerprint density at radius 1 is 0.242 bits per heavy atom. The first-order valence-electron chi connectivity index (χ1n) is 34.2. The molecular weight excluding hydrogens is 1150 g/mol. The van der Waals surface area contributed by atoms with E-state index >= 15 is 0 Å². The zero-order valence-corrected chi connectivity index (χ0v) is 56.4. The maximum absolute atomic E-state index is 2.66. The van der Waals surface area contributed by atoms with Gasteiger partial charge in [-0.15, -0.1) is 0 Å². The number of benzene rings is 13. The van der Waals surface area contributed by atoms with Crippen molar-refractivity contribution in [3.8, 4) is 45.0 Å². The van der Waals surface area contributed by atoms with Crippen molar-refractivity contribution in [2.45, 2.75) is 105 Å². The van der Waals surface area contributed by atoms with Crippen LogP contribution >= 0.6 is 0 Å². The van der Waals surface area contributed by atoms with Gasteiger partial charge < -0.3 is 18.3 Å². The monoisotopic (exact) mass is 1220 g/mol. The molecule has 0 fully saturated rings. The Morgan fingerprint density at radius 3 is 0.863 bits per heavy atom. The van der Waals surface area contributed by atoms with Crippen LogP contribution in [0.4, 0.5) is 0 Å². The van der Waals surface area contributed by atoms with Crippen molar-refractivity contribution in [2.24, 2.45) is 0 Å². The first-order valence-corrected chi connectivity index (χ1v) is 34.2. The van der Waals surface area contributed by atoms with Gasteiger partial charge in [0.15, 0.2) is 0 Å². The summed E-state index contributed by atoms with van der Waals surface area (Å²) < 4.78 is 10.3. The summed E-state index contributed by atoms with van der Waals surface area (Å²) in [5, 5.41) is 15.3. The maximum Gasteiger partial charge on any atom is 0.244 e. The van der Waals surface area contributed by atoms with E-state index in [-0.39, 0.29) is 28.4 Å². The number of para-hydroxylation sites is 4. The average Bonchev–Trinajstić information content (AvgIpc) is 1.65. The lowest BCUT2D eigenvalue weighted by atomic mass is 9.30. The number of aromatic nitrogens is 4. The third-order valence-corrected chi connectivity index (χ3v) is 22.0. The molecule has 0 aliphatic carbocycles. The summed E-state index contributed by atoms with van der Waals surface area (Å²) in [4.78, 5) is 0. The number of hydrogen-bond acceptors (Lipinski definition) is 0. The molecular formula is C90H75BN4. The molecule has 458 valence electrons. The summed E-state index contributed by atoms with van der Waals surface area (Å²) in [5.74, 6) is 0. The molecule has 0 atom stereocenters. The maximum atomic E-state index is 2.66. The summed E-state index contributed by atoms with van der Waals surface area (Å²) >= 11 is 0. The molecule has 0 bridgehead atoms. The Labute approximate surface area is 555 Å². The number of hydrogen-bond donors (Lipinski definition) is 0. The van der Waals surface area contributed by atoms with Crippen molar-refractivity contribution in [3.05, 3.63) is 259 Å². The van der Waals surface area contributed by atoms with E-state index in [9.17, 15) is 0 Å². The fourth-order valence-electron chi connectivity index (χ4n) is 17.4. The van der Waals surface area contributed by atoms with Crippen molar-refractivity contribution in [3.63, 3.8) is 0 Å². The third kappa shape index (κ3) is 7.78. The number of nitrogens with zero attached hydrogens (tertiary/aromatic N) is 4. The first-order chi connectivity index (χ1) is 45.7. The molecule has 4 aromatic heterocycles. The van der Waals surface area contributed by atoms with Crippen LogP contribution in [0.2, 0.25) is 0 Å². The SMILES string of the molecule is CC(C)(C)c1ccc(-n2c3ccccc3c3c4c5c(cc6c7ccccc7n(-c7ccc(C(C)(C)C)cc7)c6c5cc32)B2c3c-4cccc3-c3c4c2cc2c5ccccc5n(-c5ccc(C(C)(C)C)cc5)c2c4cc2c3c3ccccc3n2-c2ccc(C(C)(C)C)cc2)cc1. The lowest BCUT2D eigenvalue weighted by Gasteiger charge is -2.35. The molecule has 0 N–H and O–H groups in total. The van der Waals surface area contributed by atoms with Gasteiger partial charge in [0.2, 0.25) is 6.71 Å². The average molecular weight is 1220 g/mol. The zero-order valence-electron chi connectivity index (χ0n) is 56.4. The van der Waals surface area contributed by atoms with Gasteiger partial charge in [-0.05, 0) is 162 Å². The van der Waals surface area contributed by atoms with Gasteiger partial charge in [0.1, 0.15) is 0 Å². The van der Waals surface area contributed by atoms with E-state index in [1.54, 1.807) is 0 Å². The van der Waals surface area contributed by atoms with E-state index < -0.39 is 0 Å². The van der Waals surface area contributed by atoms with Gasteiger partial charge in [0.05, 0.1) is 44.1 Å². The van der Waals surface area contributed by atoms with Crippen LogP contribution in [0.15, 0.2) is 237 Å². The molecule has 2 aliphatic heterocycles. The van der Waals surface area contributed by atoms with Crippen LogP contribution in [-0.4, -0.2) is 25.0 Å². The molecule has 5 heteroatoms. The second kappa shape index (κ2) is 19.2. The van der Waals surface area contributed by atoms with Crippen LogP contribution < -0.4 is 16.4 Å². The van der Waals surface area contributed by atoms with E-state index in [1.807, 2.05) is 0 Å². The summed E-state index contributed by atoms with van der Waals surface area (Å²) in [6, 6.07) is 92.4. The van der Waals surface area contributed by atoms with E-state index in [0.717, 1.165) is 22.7 Å². The van der Waals surface area contributed by atoms with Crippen molar-refractivity contribution < 1.29 is 0 Å². The van der Waals surface area contributed by atoms with Gasteiger partial charge in [0.25, 0.3) is 0 Å². The van der Waals surface area contributed by atoms with Gasteiger partial charge in [-0.25, -0.2) is 0 Å². The lowest BCUT2D eigenvalue weighted by molar-refractivity contribution is 0.590. The normalized spacial score (nSPS) is 13.5. The van der Waals surface area contributed by atoms with Gasteiger partial charge >= 0.3 is 0 Å². The molecule has 95 heavy (non-hydrogen) atoms. The highest BCUT2D eigenvalue weighted by Gasteiger charge is 2.43. The predicted octanol–water partition coefficient (Wildman–Crippen LogP) is 22.0. The standard InChI is InChI=1S/C90H75BN4/c1-87(2,3)52-32-40-56(41-33-52)92-74-30-19-15-24-62(74)80-76(92)50-68-78-70(48-66-60-22-13-17-28-72(60)94(85(66)68)58-44-36-54(37-45-58)89(7,8)9)91-71-49-67-61-23-14-18-29-73(61)95(59-46-38-55(39-47-59)90(10,11)12)86(67)69-51-77-81(83(79(69)71)65-27-21-26-64(82(78)80)84(65)91)63-25-16-20-31-75(63)93(77)57-42-34-53(35-43-57)88(4,5)6/h13-51H,1-12H3. The van der Waals surface area contributed by atoms with Crippen molar-refractivity contribution in [2.75, 3.05) is 0 Å². The number of fused-ring (bicyclic) bond motifs is 20.